The molecule has 0 unspecified atom stereocenters. The number of carbonyl (C=O) groups is 1. The number of anilines is 1. The molecule has 1 amide bonds. The Hall–Kier alpha value is -2.42. The fourth-order valence-corrected chi connectivity index (χ4v) is 3.55. The molecule has 2 aromatic carbocycles. The summed E-state index contributed by atoms with van der Waals surface area (Å²) in [6.45, 7) is 0. The molecule has 1 heterocycles. The summed E-state index contributed by atoms with van der Waals surface area (Å²) in [6.07, 6.45) is 0. The number of nitrogens with zero attached hydrogens (tertiary/aromatic N) is 2. The lowest BCUT2D eigenvalue weighted by Gasteiger charge is -2.04. The molecule has 26 heavy (non-hydrogen) atoms. The molecule has 0 aliphatic rings. The fraction of sp³-hybridized carbons (Fsp3) is 0.0625. The van der Waals surface area contributed by atoms with Gasteiger partial charge in [0.25, 0.3) is 5.89 Å². The highest BCUT2D eigenvalue weighted by atomic mass is 35.5. The van der Waals surface area contributed by atoms with Crippen LogP contribution in [0.25, 0.3) is 11.5 Å². The number of halogens is 2. The molecule has 0 aliphatic carbocycles. The van der Waals surface area contributed by atoms with Gasteiger partial charge in [-0.3, -0.25) is 10.1 Å². The molecule has 0 saturated heterocycles. The van der Waals surface area contributed by atoms with Crippen molar-refractivity contribution in [2.75, 3.05) is 11.1 Å². The first-order valence-electron chi connectivity index (χ1n) is 7.22. The number of rotatable bonds is 5. The maximum Gasteiger partial charge on any atom is 0.322 e. The average molecular weight is 412 g/mol. The van der Waals surface area contributed by atoms with Gasteiger partial charge in [-0.05, 0) is 36.4 Å². The Morgan fingerprint density at radius 1 is 1.04 bits per heavy atom. The largest absolute Gasteiger partial charge is 0.403 e. The van der Waals surface area contributed by atoms with Crippen LogP contribution >= 0.6 is 23.2 Å². The zero-order chi connectivity index (χ0) is 18.7. The third-order valence-corrected chi connectivity index (χ3v) is 5.48. The average Bonchev–Trinajstić information content (AvgIpc) is 3.03. The Morgan fingerprint density at radius 3 is 2.42 bits per heavy atom. The molecule has 0 atom stereocenters. The molecule has 3 aromatic rings. The van der Waals surface area contributed by atoms with E-state index in [1.54, 1.807) is 24.3 Å². The van der Waals surface area contributed by atoms with Gasteiger partial charge in [-0.1, -0.05) is 40.4 Å². The van der Waals surface area contributed by atoms with Gasteiger partial charge in [-0.15, -0.1) is 5.10 Å². The third kappa shape index (κ3) is 4.21. The van der Waals surface area contributed by atoms with Gasteiger partial charge in [0.15, 0.2) is 9.84 Å². The highest BCUT2D eigenvalue weighted by molar-refractivity contribution is 7.92. The molecular weight excluding hydrogens is 401 g/mol. The van der Waals surface area contributed by atoms with Crippen LogP contribution < -0.4 is 5.32 Å². The maximum absolute atomic E-state index is 12.2. The van der Waals surface area contributed by atoms with E-state index in [1.165, 1.54) is 24.3 Å². The quantitative estimate of drug-likeness (QED) is 0.689. The minimum atomic E-state index is -3.83. The molecule has 1 N–H and O–H groups in total. The van der Waals surface area contributed by atoms with Gasteiger partial charge in [-0.25, -0.2) is 8.42 Å². The monoisotopic (exact) mass is 411 g/mol. The van der Waals surface area contributed by atoms with Crippen LogP contribution in [0.4, 0.5) is 6.01 Å². The van der Waals surface area contributed by atoms with Crippen molar-refractivity contribution in [2.24, 2.45) is 0 Å². The number of hydrogen-bond donors (Lipinski definition) is 1. The summed E-state index contributed by atoms with van der Waals surface area (Å²) in [5.41, 5.74) is 0.496. The van der Waals surface area contributed by atoms with Crippen molar-refractivity contribution in [3.8, 4) is 11.5 Å². The zero-order valence-corrected chi connectivity index (χ0v) is 15.3. The molecule has 0 fully saturated rings. The minimum absolute atomic E-state index is 0.0145. The van der Waals surface area contributed by atoms with Crippen LogP contribution in [-0.2, 0) is 14.6 Å². The first-order valence-corrected chi connectivity index (χ1v) is 9.62. The van der Waals surface area contributed by atoms with Crippen LogP contribution in [0.3, 0.4) is 0 Å². The summed E-state index contributed by atoms with van der Waals surface area (Å²) in [7, 11) is -3.83. The standard InChI is InChI=1S/C16H11Cl2N3O4S/c17-10-5-7-11(8-6-10)26(23,24)9-14(22)19-16-21-20-15(25-16)12-3-1-2-4-13(12)18/h1-8H,9H2,(H,19,21,22). The summed E-state index contributed by atoms with van der Waals surface area (Å²) < 4.78 is 29.8. The summed E-state index contributed by atoms with van der Waals surface area (Å²) >= 11 is 11.8. The van der Waals surface area contributed by atoms with Gasteiger partial charge < -0.3 is 4.42 Å². The molecular formula is C16H11Cl2N3O4S. The van der Waals surface area contributed by atoms with Crippen LogP contribution in [-0.4, -0.2) is 30.3 Å². The number of nitrogens with one attached hydrogen (secondary N) is 1. The number of sulfone groups is 1. The van der Waals surface area contributed by atoms with Crippen LogP contribution in [0.5, 0.6) is 0 Å². The van der Waals surface area contributed by atoms with Gasteiger partial charge in [0.1, 0.15) is 5.75 Å². The fourth-order valence-electron chi connectivity index (χ4n) is 2.07. The predicted molar refractivity (Wildman–Crippen MR) is 96.9 cm³/mol. The van der Waals surface area contributed by atoms with Crippen molar-refractivity contribution < 1.29 is 17.6 Å². The highest BCUT2D eigenvalue weighted by Crippen LogP contribution is 2.27. The number of amides is 1. The van der Waals surface area contributed by atoms with Crippen LogP contribution in [0.2, 0.25) is 10.0 Å². The van der Waals surface area contributed by atoms with E-state index in [0.717, 1.165) is 0 Å². The second kappa shape index (κ2) is 7.45. The molecule has 0 bridgehead atoms. The second-order valence-corrected chi connectivity index (χ2v) is 7.99. The van der Waals surface area contributed by atoms with Crippen LogP contribution in [0, 0.1) is 0 Å². The molecule has 0 saturated carbocycles. The first kappa shape index (κ1) is 18.4. The first-order chi connectivity index (χ1) is 12.3. The van der Waals surface area contributed by atoms with Gasteiger partial charge in [0.05, 0.1) is 15.5 Å². The second-order valence-electron chi connectivity index (χ2n) is 5.15. The topological polar surface area (TPSA) is 102 Å². The van der Waals surface area contributed by atoms with Crippen molar-refractivity contribution in [2.45, 2.75) is 4.90 Å². The smallest absolute Gasteiger partial charge is 0.322 e. The zero-order valence-electron chi connectivity index (χ0n) is 13.0. The van der Waals surface area contributed by atoms with E-state index in [1.807, 2.05) is 0 Å². The van der Waals surface area contributed by atoms with E-state index in [2.05, 4.69) is 15.5 Å². The lowest BCUT2D eigenvalue weighted by atomic mass is 10.2. The number of carbonyl (C=O) groups excluding carboxylic acids is 1. The SMILES string of the molecule is O=C(CS(=O)(=O)c1ccc(Cl)cc1)Nc1nnc(-c2ccccc2Cl)o1. The summed E-state index contributed by atoms with van der Waals surface area (Å²) in [4.78, 5) is 12.0. The lowest BCUT2D eigenvalue weighted by Crippen LogP contribution is -2.23. The molecule has 7 nitrogen and oxygen atoms in total. The van der Waals surface area contributed by atoms with Gasteiger partial charge in [0, 0.05) is 5.02 Å². The van der Waals surface area contributed by atoms with E-state index >= 15 is 0 Å². The normalized spacial score (nSPS) is 11.3. The Bertz CT molecular complexity index is 1050. The Balaban J connectivity index is 1.71. The Kier molecular flexibility index (Phi) is 5.26. The van der Waals surface area contributed by atoms with Gasteiger partial charge in [-0.2, -0.15) is 0 Å². The van der Waals surface area contributed by atoms with Gasteiger partial charge in [0.2, 0.25) is 5.91 Å². The molecule has 1 aromatic heterocycles. The molecule has 134 valence electrons. The summed E-state index contributed by atoms with van der Waals surface area (Å²) in [5.74, 6) is -1.49. The number of hydrogen-bond acceptors (Lipinski definition) is 6. The summed E-state index contributed by atoms with van der Waals surface area (Å²) in [6, 6.07) is 12.1. The lowest BCUT2D eigenvalue weighted by molar-refractivity contribution is -0.114. The highest BCUT2D eigenvalue weighted by Gasteiger charge is 2.21. The molecule has 10 heteroatoms. The van der Waals surface area contributed by atoms with Crippen molar-refractivity contribution >= 4 is 45.0 Å². The molecule has 0 aliphatic heterocycles. The number of aromatic nitrogens is 2. The van der Waals surface area contributed by atoms with Crippen molar-refractivity contribution in [3.05, 3.63) is 58.6 Å². The van der Waals surface area contributed by atoms with E-state index in [-0.39, 0.29) is 16.8 Å². The molecule has 0 spiro atoms. The third-order valence-electron chi connectivity index (χ3n) is 3.27. The number of benzene rings is 2. The molecule has 3 rings (SSSR count). The van der Waals surface area contributed by atoms with E-state index in [4.69, 9.17) is 27.6 Å². The van der Waals surface area contributed by atoms with Crippen LogP contribution in [0.15, 0.2) is 57.8 Å². The van der Waals surface area contributed by atoms with Crippen molar-refractivity contribution in [1.82, 2.24) is 10.2 Å². The van der Waals surface area contributed by atoms with Crippen molar-refractivity contribution in [1.29, 1.82) is 0 Å². The minimum Gasteiger partial charge on any atom is -0.403 e. The van der Waals surface area contributed by atoms with E-state index < -0.39 is 21.5 Å². The Morgan fingerprint density at radius 2 is 1.73 bits per heavy atom. The summed E-state index contributed by atoms with van der Waals surface area (Å²) in [5, 5.41) is 10.5. The van der Waals surface area contributed by atoms with Crippen LogP contribution in [0.1, 0.15) is 0 Å². The van der Waals surface area contributed by atoms with E-state index in [0.29, 0.717) is 15.6 Å². The van der Waals surface area contributed by atoms with Gasteiger partial charge >= 0.3 is 6.01 Å². The van der Waals surface area contributed by atoms with Crippen molar-refractivity contribution in [3.63, 3.8) is 0 Å². The maximum atomic E-state index is 12.2. The predicted octanol–water partition coefficient (Wildman–Crippen LogP) is 3.46. The Labute approximate surface area is 158 Å². The molecule has 0 radical (unpaired) electrons. The van der Waals surface area contributed by atoms with E-state index in [9.17, 15) is 13.2 Å².